The Labute approximate surface area is 173 Å². The van der Waals surface area contributed by atoms with Crippen LogP contribution in [-0.2, 0) is 9.59 Å². The van der Waals surface area contributed by atoms with Gasteiger partial charge in [-0.05, 0) is 25.0 Å². The molecule has 5 nitrogen and oxygen atoms in total. The number of carbonyl (C=O) groups is 2. The molecule has 0 bridgehead atoms. The van der Waals surface area contributed by atoms with Crippen molar-refractivity contribution in [3.05, 3.63) is 36.5 Å². The van der Waals surface area contributed by atoms with Gasteiger partial charge in [-0.3, -0.25) is 9.59 Å². The topological polar surface area (TPSA) is 46.2 Å². The zero-order valence-electron chi connectivity index (χ0n) is 19.0. The lowest BCUT2D eigenvalue weighted by molar-refractivity contribution is -0.887. The Morgan fingerprint density at radius 2 is 1.29 bits per heavy atom. The first-order valence-corrected chi connectivity index (χ1v) is 10.5. The first-order chi connectivity index (χ1) is 13.1. The lowest BCUT2D eigenvalue weighted by atomic mass is 10.2. The molecule has 0 aliphatic rings. The highest BCUT2D eigenvalue weighted by molar-refractivity contribution is 5.79. The highest BCUT2D eigenvalue weighted by Gasteiger charge is 2.16. The SMILES string of the molecule is CC/C=C\CC(=O)CC[N+](C)(C)C/C=C/C[N+](C)(C)CNC(=O)C/C=C\CC. The van der Waals surface area contributed by atoms with E-state index in [1.807, 2.05) is 24.3 Å². The Morgan fingerprint density at radius 1 is 0.750 bits per heavy atom. The third-order valence-corrected chi connectivity index (χ3v) is 4.52. The molecule has 0 aromatic rings. The van der Waals surface area contributed by atoms with Crippen LogP contribution in [0, 0.1) is 0 Å². The molecule has 0 spiro atoms. The molecule has 0 aliphatic carbocycles. The Balaban J connectivity index is 4.20. The highest BCUT2D eigenvalue weighted by atomic mass is 16.1. The van der Waals surface area contributed by atoms with Crippen molar-refractivity contribution in [2.24, 2.45) is 0 Å². The molecule has 160 valence electrons. The van der Waals surface area contributed by atoms with E-state index in [-0.39, 0.29) is 5.91 Å². The summed E-state index contributed by atoms with van der Waals surface area (Å²) in [4.78, 5) is 23.7. The van der Waals surface area contributed by atoms with E-state index < -0.39 is 0 Å². The number of amides is 1. The predicted molar refractivity (Wildman–Crippen MR) is 119 cm³/mol. The number of allylic oxidation sites excluding steroid dienone is 3. The Hall–Kier alpha value is -1.72. The van der Waals surface area contributed by atoms with Gasteiger partial charge in [0.15, 0.2) is 6.67 Å². The van der Waals surface area contributed by atoms with Crippen LogP contribution in [0.2, 0.25) is 0 Å². The molecule has 0 aliphatic heterocycles. The van der Waals surface area contributed by atoms with Crippen LogP contribution >= 0.6 is 0 Å². The van der Waals surface area contributed by atoms with Crippen molar-refractivity contribution in [3.63, 3.8) is 0 Å². The van der Waals surface area contributed by atoms with Crippen LogP contribution in [0.1, 0.15) is 46.0 Å². The third-order valence-electron chi connectivity index (χ3n) is 4.52. The summed E-state index contributed by atoms with van der Waals surface area (Å²) >= 11 is 0. The van der Waals surface area contributed by atoms with E-state index in [0.29, 0.717) is 36.2 Å². The van der Waals surface area contributed by atoms with Gasteiger partial charge in [0.1, 0.15) is 5.78 Å². The summed E-state index contributed by atoms with van der Waals surface area (Å²) in [6.07, 6.45) is 15.9. The number of quaternary nitrogens is 2. The molecule has 0 saturated heterocycles. The van der Waals surface area contributed by atoms with E-state index in [2.05, 4.69) is 59.5 Å². The second-order valence-electron chi connectivity index (χ2n) is 8.65. The molecule has 28 heavy (non-hydrogen) atoms. The van der Waals surface area contributed by atoms with Crippen molar-refractivity contribution in [2.45, 2.75) is 46.0 Å². The molecule has 0 rings (SSSR count). The van der Waals surface area contributed by atoms with Gasteiger partial charge in [0.05, 0.1) is 54.2 Å². The number of nitrogens with zero attached hydrogens (tertiary/aromatic N) is 2. The van der Waals surface area contributed by atoms with E-state index in [1.165, 1.54) is 0 Å². The van der Waals surface area contributed by atoms with Gasteiger partial charge < -0.3 is 14.3 Å². The van der Waals surface area contributed by atoms with Crippen LogP contribution in [0.4, 0.5) is 0 Å². The van der Waals surface area contributed by atoms with Gasteiger partial charge >= 0.3 is 0 Å². The second-order valence-corrected chi connectivity index (χ2v) is 8.65. The minimum Gasteiger partial charge on any atom is -0.325 e. The van der Waals surface area contributed by atoms with Gasteiger partial charge in [-0.15, -0.1) is 0 Å². The molecule has 1 amide bonds. The molecule has 5 heteroatoms. The molecule has 0 fully saturated rings. The average Bonchev–Trinajstić information content (AvgIpc) is 2.63. The van der Waals surface area contributed by atoms with Crippen LogP contribution in [0.5, 0.6) is 0 Å². The maximum atomic E-state index is 11.9. The van der Waals surface area contributed by atoms with Crippen LogP contribution < -0.4 is 5.32 Å². The molecular weight excluding hydrogens is 350 g/mol. The molecule has 0 aromatic carbocycles. The molecule has 0 saturated carbocycles. The molecule has 0 unspecified atom stereocenters. The number of ketones is 1. The monoisotopic (exact) mass is 393 g/mol. The number of hydrogen-bond acceptors (Lipinski definition) is 2. The molecule has 0 aromatic heterocycles. The van der Waals surface area contributed by atoms with Crippen molar-refractivity contribution in [2.75, 3.05) is 54.5 Å². The smallest absolute Gasteiger partial charge is 0.228 e. The zero-order chi connectivity index (χ0) is 21.5. The molecule has 0 atom stereocenters. The molecular formula is C23H43N3O2+2. The summed E-state index contributed by atoms with van der Waals surface area (Å²) in [6, 6.07) is 0. The van der Waals surface area contributed by atoms with Gasteiger partial charge in [-0.2, -0.15) is 0 Å². The maximum Gasteiger partial charge on any atom is 0.228 e. The van der Waals surface area contributed by atoms with Crippen molar-refractivity contribution < 1.29 is 18.6 Å². The lowest BCUT2D eigenvalue weighted by Crippen LogP contribution is -2.48. The van der Waals surface area contributed by atoms with E-state index >= 15 is 0 Å². The Morgan fingerprint density at radius 3 is 1.86 bits per heavy atom. The largest absolute Gasteiger partial charge is 0.325 e. The highest BCUT2D eigenvalue weighted by Crippen LogP contribution is 2.04. The number of hydrogen-bond donors (Lipinski definition) is 1. The van der Waals surface area contributed by atoms with Gasteiger partial charge in [-0.25, -0.2) is 0 Å². The van der Waals surface area contributed by atoms with E-state index in [9.17, 15) is 9.59 Å². The van der Waals surface area contributed by atoms with Gasteiger partial charge in [0.2, 0.25) is 5.91 Å². The van der Waals surface area contributed by atoms with E-state index in [4.69, 9.17) is 0 Å². The summed E-state index contributed by atoms with van der Waals surface area (Å²) in [5.74, 6) is 0.373. The summed E-state index contributed by atoms with van der Waals surface area (Å²) in [6.45, 7) is 7.34. The Bertz CT molecular complexity index is 498. The first kappa shape index (κ1) is 26.3. The van der Waals surface area contributed by atoms with Gasteiger partial charge in [0.25, 0.3) is 0 Å². The standard InChI is InChI=1S/C23H42N3O2/c1-7-9-11-15-22(27)17-20-25(3,4)18-13-14-19-26(5,6)21-24-23(28)16-12-10-8-2/h9-14H,7-8,15-21H2,1-6H3/q+1/p+1/b11-9-,12-10-,14-13+. The summed E-state index contributed by atoms with van der Waals surface area (Å²) in [7, 11) is 8.52. The number of Topliss-reactive ketones (excluding diaryl/α,β-unsaturated/α-hetero) is 1. The normalized spacial score (nSPS) is 13.1. The van der Waals surface area contributed by atoms with Crippen LogP contribution in [0.25, 0.3) is 0 Å². The number of likely N-dealkylation sites (N-methyl/N-ethyl adjacent to an activating group) is 2. The summed E-state index contributed by atoms with van der Waals surface area (Å²) in [5, 5.41) is 2.99. The fourth-order valence-corrected chi connectivity index (χ4v) is 2.52. The minimum atomic E-state index is 0.0659. The quantitative estimate of drug-likeness (QED) is 0.263. The molecule has 0 heterocycles. The fourth-order valence-electron chi connectivity index (χ4n) is 2.52. The van der Waals surface area contributed by atoms with Crippen molar-refractivity contribution in [1.29, 1.82) is 0 Å². The molecule has 0 radical (unpaired) electrons. The minimum absolute atomic E-state index is 0.0659. The predicted octanol–water partition coefficient (Wildman–Crippen LogP) is 3.44. The first-order valence-electron chi connectivity index (χ1n) is 10.5. The number of nitrogens with one attached hydrogen (secondary N) is 1. The number of carbonyl (C=O) groups excluding carboxylic acids is 2. The van der Waals surface area contributed by atoms with Crippen LogP contribution in [0.15, 0.2) is 36.5 Å². The summed E-state index contributed by atoms with van der Waals surface area (Å²) in [5.41, 5.74) is 0. The van der Waals surface area contributed by atoms with E-state index in [1.54, 1.807) is 0 Å². The summed E-state index contributed by atoms with van der Waals surface area (Å²) < 4.78 is 1.50. The van der Waals surface area contributed by atoms with Crippen LogP contribution in [-0.4, -0.2) is 75.2 Å². The van der Waals surface area contributed by atoms with Crippen molar-refractivity contribution >= 4 is 11.7 Å². The molecule has 1 N–H and O–H groups in total. The average molecular weight is 394 g/mol. The number of rotatable bonds is 15. The third kappa shape index (κ3) is 15.3. The van der Waals surface area contributed by atoms with Crippen molar-refractivity contribution in [3.8, 4) is 0 Å². The van der Waals surface area contributed by atoms with E-state index in [0.717, 1.165) is 37.0 Å². The van der Waals surface area contributed by atoms with Gasteiger partial charge in [0, 0.05) is 12.8 Å². The maximum absolute atomic E-state index is 11.9. The Kier molecular flexibility index (Phi) is 13.4. The van der Waals surface area contributed by atoms with Crippen LogP contribution in [0.3, 0.4) is 0 Å². The van der Waals surface area contributed by atoms with Crippen molar-refractivity contribution in [1.82, 2.24) is 5.32 Å². The zero-order valence-corrected chi connectivity index (χ0v) is 19.0. The lowest BCUT2D eigenvalue weighted by Gasteiger charge is -2.30. The van der Waals surface area contributed by atoms with Gasteiger partial charge in [-0.1, -0.05) is 38.2 Å². The fraction of sp³-hybridized carbons (Fsp3) is 0.652. The second kappa shape index (κ2) is 14.3.